The van der Waals surface area contributed by atoms with E-state index in [0.717, 1.165) is 18.0 Å². The Balaban J connectivity index is 1.51. The molecule has 12 heteroatoms. The van der Waals surface area contributed by atoms with Gasteiger partial charge in [-0.05, 0) is 23.3 Å². The smallest absolute Gasteiger partial charge is 0.356 e. The number of hydrogen-bond acceptors (Lipinski definition) is 10. The van der Waals surface area contributed by atoms with E-state index in [2.05, 4.69) is 5.32 Å². The van der Waals surface area contributed by atoms with Crippen LogP contribution in [0.1, 0.15) is 29.9 Å². The van der Waals surface area contributed by atoms with E-state index in [1.807, 2.05) is 36.4 Å². The second kappa shape index (κ2) is 13.3. The Morgan fingerprint density at radius 2 is 1.70 bits per heavy atom. The fourth-order valence-electron chi connectivity index (χ4n) is 4.68. The minimum Gasteiger partial charge on any atom is -0.469 e. The zero-order valence-corrected chi connectivity index (χ0v) is 23.7. The summed E-state index contributed by atoms with van der Waals surface area (Å²) in [4.78, 5) is 64.5. The van der Waals surface area contributed by atoms with E-state index in [1.165, 1.54) is 18.1 Å². The van der Waals surface area contributed by atoms with E-state index in [0.29, 0.717) is 16.9 Å². The third kappa shape index (κ3) is 6.54. The average Bonchev–Trinajstić information content (AvgIpc) is 3.53. The van der Waals surface area contributed by atoms with Crippen molar-refractivity contribution in [1.29, 1.82) is 0 Å². The fourth-order valence-corrected chi connectivity index (χ4v) is 5.99. The summed E-state index contributed by atoms with van der Waals surface area (Å²) in [5.41, 5.74) is 1.29. The van der Waals surface area contributed by atoms with Crippen molar-refractivity contribution in [2.45, 2.75) is 30.9 Å². The molecule has 2 amide bonds. The number of fused-ring (bicyclic) bond motifs is 1. The van der Waals surface area contributed by atoms with Crippen LogP contribution >= 0.6 is 11.8 Å². The molecule has 1 aromatic heterocycles. The third-order valence-corrected chi connectivity index (χ3v) is 7.94. The van der Waals surface area contributed by atoms with Gasteiger partial charge in [-0.25, -0.2) is 4.79 Å². The lowest BCUT2D eigenvalue weighted by Gasteiger charge is -2.50. The maximum absolute atomic E-state index is 14.0. The van der Waals surface area contributed by atoms with Crippen LogP contribution in [0, 0.1) is 0 Å². The monoisotopic (exact) mass is 602 g/mol. The number of carbonyl (C=O) groups excluding carboxylic acids is 5. The number of amides is 2. The highest BCUT2D eigenvalue weighted by atomic mass is 32.2. The number of thioether (sulfide) groups is 1. The van der Waals surface area contributed by atoms with Crippen molar-refractivity contribution >= 4 is 42.0 Å². The van der Waals surface area contributed by atoms with E-state index >= 15 is 0 Å². The molecule has 1 saturated heterocycles. The number of benzene rings is 2. The van der Waals surface area contributed by atoms with Crippen LogP contribution in [0.2, 0.25) is 0 Å². The standard InChI is InChI=1S/C31H26N2O9S/c1-19(35)41-16-23-24(17-39-18-34)43-30-26(32-25(36)15-22-13-8-14-40-22)29(37)33(30)27(23)31(38)42-28(20-9-4-2-5-10-20)21-11-6-3-7-12-21/h2-14,17-18,26,28,30H,15-16H2,1H3,(H,32,36)/t26?,30-/m1/s1. The summed E-state index contributed by atoms with van der Waals surface area (Å²) in [5.74, 6) is -2.12. The summed E-state index contributed by atoms with van der Waals surface area (Å²) in [7, 11) is 0. The van der Waals surface area contributed by atoms with Crippen molar-refractivity contribution in [2.24, 2.45) is 0 Å². The highest BCUT2D eigenvalue weighted by Gasteiger charge is 2.56. The van der Waals surface area contributed by atoms with E-state index in [4.69, 9.17) is 18.6 Å². The first kappa shape index (κ1) is 29.4. The van der Waals surface area contributed by atoms with Crippen molar-refractivity contribution in [3.63, 3.8) is 0 Å². The molecule has 11 nitrogen and oxygen atoms in total. The van der Waals surface area contributed by atoms with Crippen LogP contribution in [-0.2, 0) is 44.6 Å². The van der Waals surface area contributed by atoms with E-state index in [1.54, 1.807) is 36.4 Å². The molecule has 3 heterocycles. The molecule has 2 aromatic carbocycles. The topological polar surface area (TPSA) is 141 Å². The number of nitrogens with zero attached hydrogens (tertiary/aromatic N) is 1. The SMILES string of the molecule is CC(=O)OCC1=C(C(=O)OC(c2ccccc2)c2ccccc2)N2C(=O)C(NC(=O)Cc3ccco3)[C@H]2SC1=COC=O. The molecule has 0 spiro atoms. The fraction of sp³-hybridized carbons (Fsp3) is 0.194. The van der Waals surface area contributed by atoms with Crippen LogP contribution in [0.15, 0.2) is 106 Å². The van der Waals surface area contributed by atoms with Gasteiger partial charge in [-0.15, -0.1) is 0 Å². The van der Waals surface area contributed by atoms with Gasteiger partial charge in [0.15, 0.2) is 6.10 Å². The molecule has 0 aliphatic carbocycles. The molecule has 2 atom stereocenters. The Hall–Kier alpha value is -5.10. The molecule has 0 saturated carbocycles. The van der Waals surface area contributed by atoms with Crippen LogP contribution in [0.4, 0.5) is 0 Å². The summed E-state index contributed by atoms with van der Waals surface area (Å²) in [5, 5.41) is 1.90. The zero-order chi connectivity index (χ0) is 30.3. The Kier molecular flexibility index (Phi) is 9.06. The number of esters is 2. The molecule has 3 aromatic rings. The second-order valence-electron chi connectivity index (χ2n) is 9.45. The van der Waals surface area contributed by atoms with Gasteiger partial charge in [0.1, 0.15) is 35.7 Å². The van der Waals surface area contributed by atoms with E-state index in [-0.39, 0.29) is 29.1 Å². The normalized spacial score (nSPS) is 18.5. The van der Waals surface area contributed by atoms with Crippen LogP contribution in [0.25, 0.3) is 0 Å². The summed E-state index contributed by atoms with van der Waals surface area (Å²) >= 11 is 1.06. The Morgan fingerprint density at radius 3 is 2.28 bits per heavy atom. The molecule has 0 radical (unpaired) electrons. The molecule has 220 valence electrons. The van der Waals surface area contributed by atoms with Gasteiger partial charge < -0.3 is 23.9 Å². The molecule has 1 fully saturated rings. The van der Waals surface area contributed by atoms with Gasteiger partial charge in [0.05, 0.1) is 17.6 Å². The molecule has 43 heavy (non-hydrogen) atoms. The first-order valence-electron chi connectivity index (χ1n) is 13.2. The molecule has 1 N–H and O–H groups in total. The highest BCUT2D eigenvalue weighted by Crippen LogP contribution is 2.47. The quantitative estimate of drug-likeness (QED) is 0.114. The lowest BCUT2D eigenvalue weighted by atomic mass is 10.00. The highest BCUT2D eigenvalue weighted by molar-refractivity contribution is 8.04. The Bertz CT molecular complexity index is 1530. The molecule has 2 aliphatic heterocycles. The van der Waals surface area contributed by atoms with Gasteiger partial charge >= 0.3 is 11.9 Å². The van der Waals surface area contributed by atoms with Gasteiger partial charge in [-0.2, -0.15) is 0 Å². The van der Waals surface area contributed by atoms with E-state index < -0.39 is 47.9 Å². The Labute approximate surface area is 250 Å². The van der Waals surface area contributed by atoms with Gasteiger partial charge in [-0.1, -0.05) is 72.4 Å². The third-order valence-electron chi connectivity index (χ3n) is 6.62. The number of hydrogen-bond donors (Lipinski definition) is 1. The molecule has 0 bridgehead atoms. The summed E-state index contributed by atoms with van der Waals surface area (Å²) in [6, 6.07) is 20.4. The zero-order valence-electron chi connectivity index (χ0n) is 22.8. The molecular weight excluding hydrogens is 576 g/mol. The molecule has 5 rings (SSSR count). The van der Waals surface area contributed by atoms with E-state index in [9.17, 15) is 24.0 Å². The second-order valence-corrected chi connectivity index (χ2v) is 10.6. The van der Waals surface area contributed by atoms with Gasteiger partial charge in [0, 0.05) is 12.5 Å². The van der Waals surface area contributed by atoms with Crippen LogP contribution in [-0.4, -0.2) is 53.1 Å². The van der Waals surface area contributed by atoms with Crippen LogP contribution < -0.4 is 5.32 Å². The minimum atomic E-state index is -1.01. The Morgan fingerprint density at radius 1 is 1.02 bits per heavy atom. The predicted octanol–water partition coefficient (Wildman–Crippen LogP) is 3.39. The first-order valence-corrected chi connectivity index (χ1v) is 14.0. The lowest BCUT2D eigenvalue weighted by Crippen LogP contribution is -2.70. The summed E-state index contributed by atoms with van der Waals surface area (Å²) in [6.07, 6.45) is 1.59. The number of ether oxygens (including phenoxy) is 3. The van der Waals surface area contributed by atoms with Crippen molar-refractivity contribution in [3.05, 3.63) is 118 Å². The largest absolute Gasteiger partial charge is 0.469 e. The van der Waals surface area contributed by atoms with Crippen molar-refractivity contribution < 1.29 is 42.6 Å². The molecule has 1 unspecified atom stereocenters. The van der Waals surface area contributed by atoms with Gasteiger partial charge in [0.25, 0.3) is 12.4 Å². The number of rotatable bonds is 11. The van der Waals surface area contributed by atoms with Gasteiger partial charge in [-0.3, -0.25) is 24.1 Å². The molecular formula is C31H26N2O9S. The van der Waals surface area contributed by atoms with Crippen LogP contribution in [0.5, 0.6) is 0 Å². The number of furan rings is 1. The van der Waals surface area contributed by atoms with Crippen LogP contribution in [0.3, 0.4) is 0 Å². The minimum absolute atomic E-state index is 0.0939. The average molecular weight is 603 g/mol. The first-order chi connectivity index (χ1) is 20.9. The van der Waals surface area contributed by atoms with Gasteiger partial charge in [0.2, 0.25) is 5.91 Å². The maximum Gasteiger partial charge on any atom is 0.356 e. The molecule has 2 aliphatic rings. The lowest BCUT2D eigenvalue weighted by molar-refractivity contribution is -0.155. The summed E-state index contributed by atoms with van der Waals surface area (Å²) in [6.45, 7) is 0.980. The van der Waals surface area contributed by atoms with Crippen molar-refractivity contribution in [1.82, 2.24) is 10.2 Å². The van der Waals surface area contributed by atoms with Crippen molar-refractivity contribution in [3.8, 4) is 0 Å². The number of carbonyl (C=O) groups is 5. The number of β-lactam (4-membered cyclic amide) rings is 1. The van der Waals surface area contributed by atoms with Crippen molar-refractivity contribution in [2.75, 3.05) is 6.61 Å². The number of nitrogens with one attached hydrogen (secondary N) is 1. The summed E-state index contributed by atoms with van der Waals surface area (Å²) < 4.78 is 21.4. The predicted molar refractivity (Wildman–Crippen MR) is 152 cm³/mol. The maximum atomic E-state index is 14.0.